The van der Waals surface area contributed by atoms with Gasteiger partial charge in [0.1, 0.15) is 22.3 Å². The van der Waals surface area contributed by atoms with E-state index in [4.69, 9.17) is 23.2 Å². The number of carbonyl (C=O) groups excluding carboxylic acids is 2. The molecule has 0 saturated heterocycles. The molecule has 0 aromatic heterocycles. The predicted octanol–water partition coefficient (Wildman–Crippen LogP) is 1.97. The van der Waals surface area contributed by atoms with Gasteiger partial charge in [-0.1, -0.05) is 6.92 Å². The van der Waals surface area contributed by atoms with E-state index in [2.05, 4.69) is 0 Å². The van der Waals surface area contributed by atoms with Crippen LogP contribution >= 0.6 is 23.2 Å². The van der Waals surface area contributed by atoms with Gasteiger partial charge in [-0.05, 0) is 6.92 Å². The van der Waals surface area contributed by atoms with E-state index in [0.29, 0.717) is 6.29 Å². The number of halogens is 2. The zero-order valence-electron chi connectivity index (χ0n) is 6.43. The molecule has 1 atom stereocenters. The number of alkyl halides is 2. The maximum absolute atomic E-state index is 11.1. The highest BCUT2D eigenvalue weighted by Crippen LogP contribution is 2.28. The van der Waals surface area contributed by atoms with Crippen molar-refractivity contribution in [3.8, 4) is 0 Å². The third-order valence-corrected chi connectivity index (χ3v) is 2.53. The molecule has 11 heavy (non-hydrogen) atoms. The standard InChI is InChI=1S/C7H10Cl2O2/c1-3-5(11)7(2,4-10)6(8)9/h4,6H,3H2,1-2H3. The first-order valence-electron chi connectivity index (χ1n) is 3.26. The molecule has 0 aromatic rings. The van der Waals surface area contributed by atoms with Crippen molar-refractivity contribution < 1.29 is 9.59 Å². The Morgan fingerprint density at radius 1 is 1.64 bits per heavy atom. The molecule has 0 radical (unpaired) electrons. The topological polar surface area (TPSA) is 34.1 Å². The molecular formula is C7H10Cl2O2. The Morgan fingerprint density at radius 2 is 2.09 bits per heavy atom. The molecule has 0 aliphatic heterocycles. The second-order valence-electron chi connectivity index (χ2n) is 2.48. The minimum atomic E-state index is -1.24. The molecule has 0 amide bonds. The molecule has 64 valence electrons. The van der Waals surface area contributed by atoms with Gasteiger partial charge in [0.15, 0.2) is 0 Å². The van der Waals surface area contributed by atoms with Crippen LogP contribution in [0.3, 0.4) is 0 Å². The zero-order chi connectivity index (χ0) is 9.07. The Labute approximate surface area is 75.9 Å². The monoisotopic (exact) mass is 196 g/mol. The van der Waals surface area contributed by atoms with Gasteiger partial charge in [-0.25, -0.2) is 0 Å². The van der Waals surface area contributed by atoms with E-state index in [9.17, 15) is 9.59 Å². The van der Waals surface area contributed by atoms with Crippen LogP contribution in [0.2, 0.25) is 0 Å². The highest BCUT2D eigenvalue weighted by atomic mass is 35.5. The van der Waals surface area contributed by atoms with Gasteiger partial charge in [-0.2, -0.15) is 0 Å². The summed E-state index contributed by atoms with van der Waals surface area (Å²) in [4.78, 5) is 20.6. The number of aldehydes is 1. The van der Waals surface area contributed by atoms with Crippen LogP contribution in [-0.4, -0.2) is 16.9 Å². The van der Waals surface area contributed by atoms with Crippen LogP contribution in [0.1, 0.15) is 20.3 Å². The summed E-state index contributed by atoms with van der Waals surface area (Å²) in [6, 6.07) is 0. The summed E-state index contributed by atoms with van der Waals surface area (Å²) in [5.41, 5.74) is -1.24. The first kappa shape index (κ1) is 10.9. The Morgan fingerprint density at radius 3 is 2.18 bits per heavy atom. The van der Waals surface area contributed by atoms with Crippen LogP contribution in [0.15, 0.2) is 0 Å². The van der Waals surface area contributed by atoms with Crippen LogP contribution in [0.25, 0.3) is 0 Å². The van der Waals surface area contributed by atoms with Crippen molar-refractivity contribution in [2.45, 2.75) is 25.1 Å². The SMILES string of the molecule is CCC(=O)C(C)(C=O)C(Cl)Cl. The van der Waals surface area contributed by atoms with Gasteiger partial charge in [-0.15, -0.1) is 23.2 Å². The van der Waals surface area contributed by atoms with Gasteiger partial charge in [0.25, 0.3) is 0 Å². The summed E-state index contributed by atoms with van der Waals surface area (Å²) in [5.74, 6) is -0.234. The zero-order valence-corrected chi connectivity index (χ0v) is 7.95. The molecular weight excluding hydrogens is 187 g/mol. The summed E-state index contributed by atoms with van der Waals surface area (Å²) in [5, 5.41) is 0. The molecule has 0 aliphatic rings. The van der Waals surface area contributed by atoms with Gasteiger partial charge in [0, 0.05) is 6.42 Å². The average molecular weight is 197 g/mol. The van der Waals surface area contributed by atoms with Crippen molar-refractivity contribution in [2.24, 2.45) is 5.41 Å². The number of hydrogen-bond acceptors (Lipinski definition) is 2. The van der Waals surface area contributed by atoms with Gasteiger partial charge < -0.3 is 4.79 Å². The fraction of sp³-hybridized carbons (Fsp3) is 0.714. The second kappa shape index (κ2) is 4.07. The third kappa shape index (κ3) is 2.17. The maximum atomic E-state index is 11.1. The lowest BCUT2D eigenvalue weighted by molar-refractivity contribution is -0.132. The van der Waals surface area contributed by atoms with Crippen LogP contribution in [-0.2, 0) is 9.59 Å². The Bertz CT molecular complexity index is 168. The van der Waals surface area contributed by atoms with E-state index in [1.54, 1.807) is 6.92 Å². The number of rotatable bonds is 4. The van der Waals surface area contributed by atoms with Crippen LogP contribution in [0.5, 0.6) is 0 Å². The Kier molecular flexibility index (Phi) is 4.04. The summed E-state index contributed by atoms with van der Waals surface area (Å²) < 4.78 is 0. The minimum absolute atomic E-state index is 0.234. The van der Waals surface area contributed by atoms with Gasteiger partial charge >= 0.3 is 0 Å². The summed E-state index contributed by atoms with van der Waals surface area (Å²) >= 11 is 10.9. The fourth-order valence-electron chi connectivity index (χ4n) is 0.620. The van der Waals surface area contributed by atoms with Gasteiger partial charge in [-0.3, -0.25) is 4.79 Å². The molecule has 0 aliphatic carbocycles. The summed E-state index contributed by atoms with van der Waals surface area (Å²) in [6.45, 7) is 3.11. The molecule has 1 unspecified atom stereocenters. The quantitative estimate of drug-likeness (QED) is 0.392. The maximum Gasteiger partial charge on any atom is 0.148 e. The molecule has 2 nitrogen and oxygen atoms in total. The van der Waals surface area contributed by atoms with E-state index in [-0.39, 0.29) is 12.2 Å². The molecule has 0 heterocycles. The molecule has 0 aromatic carbocycles. The normalized spacial score (nSPS) is 16.1. The lowest BCUT2D eigenvalue weighted by atomic mass is 9.88. The first-order chi connectivity index (χ1) is 4.99. The van der Waals surface area contributed by atoms with Crippen molar-refractivity contribution in [1.82, 2.24) is 0 Å². The lowest BCUT2D eigenvalue weighted by Crippen LogP contribution is -2.35. The first-order valence-corrected chi connectivity index (χ1v) is 4.14. The Balaban J connectivity index is 4.59. The van der Waals surface area contributed by atoms with Crippen LogP contribution in [0, 0.1) is 5.41 Å². The molecule has 0 spiro atoms. The van der Waals surface area contributed by atoms with E-state index >= 15 is 0 Å². The molecule has 0 bridgehead atoms. The van der Waals surface area contributed by atoms with Crippen LogP contribution < -0.4 is 0 Å². The van der Waals surface area contributed by atoms with Crippen molar-refractivity contribution in [3.63, 3.8) is 0 Å². The summed E-state index contributed by atoms with van der Waals surface area (Å²) in [7, 11) is 0. The molecule has 0 N–H and O–H groups in total. The van der Waals surface area contributed by atoms with E-state index < -0.39 is 10.3 Å². The van der Waals surface area contributed by atoms with Gasteiger partial charge in [0.05, 0.1) is 0 Å². The smallest absolute Gasteiger partial charge is 0.148 e. The molecule has 0 rings (SSSR count). The molecule has 0 fully saturated rings. The second-order valence-corrected chi connectivity index (χ2v) is 3.57. The fourth-order valence-corrected chi connectivity index (χ4v) is 0.966. The number of hydrogen-bond donors (Lipinski definition) is 0. The number of carbonyl (C=O) groups is 2. The molecule has 0 saturated carbocycles. The minimum Gasteiger partial charge on any atom is -0.302 e. The predicted molar refractivity (Wildman–Crippen MR) is 45.0 cm³/mol. The van der Waals surface area contributed by atoms with Crippen molar-refractivity contribution in [3.05, 3.63) is 0 Å². The van der Waals surface area contributed by atoms with Crippen molar-refractivity contribution >= 4 is 35.3 Å². The third-order valence-electron chi connectivity index (χ3n) is 1.62. The van der Waals surface area contributed by atoms with E-state index in [0.717, 1.165) is 0 Å². The van der Waals surface area contributed by atoms with Crippen molar-refractivity contribution in [1.29, 1.82) is 0 Å². The molecule has 4 heteroatoms. The summed E-state index contributed by atoms with van der Waals surface area (Å²) in [6.07, 6.45) is 0.773. The van der Waals surface area contributed by atoms with E-state index in [1.807, 2.05) is 0 Å². The largest absolute Gasteiger partial charge is 0.302 e. The highest BCUT2D eigenvalue weighted by Gasteiger charge is 2.37. The van der Waals surface area contributed by atoms with Gasteiger partial charge in [0.2, 0.25) is 0 Å². The lowest BCUT2D eigenvalue weighted by Gasteiger charge is -2.21. The van der Waals surface area contributed by atoms with Crippen molar-refractivity contribution in [2.75, 3.05) is 0 Å². The van der Waals surface area contributed by atoms with E-state index in [1.165, 1.54) is 6.92 Å². The van der Waals surface area contributed by atoms with Crippen LogP contribution in [0.4, 0.5) is 0 Å². The number of ketones is 1. The number of Topliss-reactive ketones (excluding diaryl/α,β-unsaturated/α-hetero) is 1. The average Bonchev–Trinajstić information content (AvgIpc) is 2.01. The Hall–Kier alpha value is -0.0800. The highest BCUT2D eigenvalue weighted by molar-refractivity contribution is 6.47.